The van der Waals surface area contributed by atoms with E-state index in [1.165, 1.54) is 12.1 Å². The number of rotatable bonds is 5. The molecule has 4 heteroatoms. The lowest BCUT2D eigenvalue weighted by Crippen LogP contribution is -2.36. The van der Waals surface area contributed by atoms with Crippen molar-refractivity contribution in [2.75, 3.05) is 7.05 Å². The predicted octanol–water partition coefficient (Wildman–Crippen LogP) is 2.89. The summed E-state index contributed by atoms with van der Waals surface area (Å²) in [6.45, 7) is 6.22. The molecule has 1 rings (SSSR count). The van der Waals surface area contributed by atoms with Gasteiger partial charge in [-0.2, -0.15) is 0 Å². The highest BCUT2D eigenvalue weighted by atomic mass is 16.4. The van der Waals surface area contributed by atoms with E-state index in [9.17, 15) is 9.59 Å². The fraction of sp³-hybridized carbons (Fsp3) is 0.467. The van der Waals surface area contributed by atoms with Crippen LogP contribution in [0.3, 0.4) is 0 Å². The van der Waals surface area contributed by atoms with Crippen molar-refractivity contribution in [3.63, 3.8) is 0 Å². The molecule has 4 nitrogen and oxygen atoms in total. The lowest BCUT2D eigenvalue weighted by atomic mass is 10.0. The maximum atomic E-state index is 12.3. The molecule has 1 aromatic rings. The van der Waals surface area contributed by atoms with Crippen molar-refractivity contribution >= 4 is 11.9 Å². The van der Waals surface area contributed by atoms with E-state index in [1.54, 1.807) is 24.1 Å². The second-order valence-corrected chi connectivity index (χ2v) is 5.28. The molecule has 0 aliphatic carbocycles. The van der Waals surface area contributed by atoms with E-state index in [-0.39, 0.29) is 17.5 Å². The molecule has 0 heterocycles. The molecule has 19 heavy (non-hydrogen) atoms. The SMILES string of the molecule is CC(C)CC(C)N(C)C(=O)c1cccc(C(=O)O)c1. The van der Waals surface area contributed by atoms with Gasteiger partial charge in [-0.05, 0) is 37.5 Å². The molecule has 1 aromatic carbocycles. The van der Waals surface area contributed by atoms with Gasteiger partial charge in [-0.1, -0.05) is 19.9 Å². The highest BCUT2D eigenvalue weighted by molar-refractivity contribution is 5.97. The van der Waals surface area contributed by atoms with Crippen LogP contribution in [0.15, 0.2) is 24.3 Å². The molecule has 0 spiro atoms. The van der Waals surface area contributed by atoms with Crippen molar-refractivity contribution in [2.24, 2.45) is 5.92 Å². The summed E-state index contributed by atoms with van der Waals surface area (Å²) in [5.74, 6) is -0.653. The largest absolute Gasteiger partial charge is 0.478 e. The fourth-order valence-electron chi connectivity index (χ4n) is 2.03. The molecule has 0 aromatic heterocycles. The lowest BCUT2D eigenvalue weighted by Gasteiger charge is -2.26. The standard InChI is InChI=1S/C15H21NO3/c1-10(2)8-11(3)16(4)14(17)12-6-5-7-13(9-12)15(18)19/h5-7,9-11H,8H2,1-4H3,(H,18,19). The van der Waals surface area contributed by atoms with E-state index >= 15 is 0 Å². The molecule has 0 saturated carbocycles. The van der Waals surface area contributed by atoms with E-state index in [0.29, 0.717) is 11.5 Å². The number of amides is 1. The fourth-order valence-corrected chi connectivity index (χ4v) is 2.03. The Morgan fingerprint density at radius 1 is 1.21 bits per heavy atom. The molecule has 0 radical (unpaired) electrons. The van der Waals surface area contributed by atoms with Crippen LogP contribution in [-0.4, -0.2) is 35.0 Å². The van der Waals surface area contributed by atoms with Gasteiger partial charge in [0.15, 0.2) is 0 Å². The Balaban J connectivity index is 2.87. The van der Waals surface area contributed by atoms with E-state index in [0.717, 1.165) is 6.42 Å². The highest BCUT2D eigenvalue weighted by Gasteiger charge is 2.19. The topological polar surface area (TPSA) is 57.6 Å². The first-order chi connectivity index (χ1) is 8.82. The van der Waals surface area contributed by atoms with Gasteiger partial charge >= 0.3 is 5.97 Å². The maximum Gasteiger partial charge on any atom is 0.335 e. The van der Waals surface area contributed by atoms with Crippen LogP contribution in [0.25, 0.3) is 0 Å². The van der Waals surface area contributed by atoms with Crippen LogP contribution in [0.2, 0.25) is 0 Å². The van der Waals surface area contributed by atoms with Gasteiger partial charge in [0.05, 0.1) is 5.56 Å². The number of nitrogens with zero attached hydrogens (tertiary/aromatic N) is 1. The molecular weight excluding hydrogens is 242 g/mol. The highest BCUT2D eigenvalue weighted by Crippen LogP contribution is 2.14. The summed E-state index contributed by atoms with van der Waals surface area (Å²) in [6, 6.07) is 6.27. The third kappa shape index (κ3) is 4.09. The first kappa shape index (κ1) is 15.2. The zero-order valence-corrected chi connectivity index (χ0v) is 11.9. The Hall–Kier alpha value is -1.84. The zero-order chi connectivity index (χ0) is 14.6. The molecule has 1 unspecified atom stereocenters. The minimum absolute atomic E-state index is 0.126. The summed E-state index contributed by atoms with van der Waals surface area (Å²) in [5.41, 5.74) is 0.550. The van der Waals surface area contributed by atoms with E-state index in [4.69, 9.17) is 5.11 Å². The van der Waals surface area contributed by atoms with Crippen LogP contribution in [0.4, 0.5) is 0 Å². The predicted molar refractivity (Wildman–Crippen MR) is 74.4 cm³/mol. The molecule has 0 aliphatic heterocycles. The molecule has 1 N–H and O–H groups in total. The van der Waals surface area contributed by atoms with Crippen molar-refractivity contribution in [2.45, 2.75) is 33.2 Å². The third-order valence-corrected chi connectivity index (χ3v) is 3.15. The quantitative estimate of drug-likeness (QED) is 0.888. The zero-order valence-electron chi connectivity index (χ0n) is 11.9. The smallest absolute Gasteiger partial charge is 0.335 e. The van der Waals surface area contributed by atoms with Gasteiger partial charge in [-0.3, -0.25) is 4.79 Å². The molecule has 0 saturated heterocycles. The Labute approximate surface area is 114 Å². The van der Waals surface area contributed by atoms with Crippen LogP contribution in [0.5, 0.6) is 0 Å². The Bertz CT molecular complexity index is 468. The van der Waals surface area contributed by atoms with Gasteiger partial charge in [-0.25, -0.2) is 4.79 Å². The monoisotopic (exact) mass is 263 g/mol. The average molecular weight is 263 g/mol. The number of benzene rings is 1. The molecule has 1 atom stereocenters. The van der Waals surface area contributed by atoms with Crippen molar-refractivity contribution < 1.29 is 14.7 Å². The van der Waals surface area contributed by atoms with Crippen LogP contribution in [0.1, 0.15) is 47.9 Å². The number of aromatic carboxylic acids is 1. The second-order valence-electron chi connectivity index (χ2n) is 5.28. The van der Waals surface area contributed by atoms with Crippen LogP contribution in [-0.2, 0) is 0 Å². The molecule has 104 valence electrons. The molecule has 1 amide bonds. The normalized spacial score (nSPS) is 12.3. The first-order valence-electron chi connectivity index (χ1n) is 6.43. The van der Waals surface area contributed by atoms with E-state index in [1.807, 2.05) is 6.92 Å². The minimum Gasteiger partial charge on any atom is -0.478 e. The van der Waals surface area contributed by atoms with Crippen molar-refractivity contribution in [3.05, 3.63) is 35.4 Å². The summed E-state index contributed by atoms with van der Waals surface area (Å²) >= 11 is 0. The summed E-state index contributed by atoms with van der Waals surface area (Å²) in [5, 5.41) is 8.93. The van der Waals surface area contributed by atoms with Crippen molar-refractivity contribution in [1.82, 2.24) is 4.90 Å². The molecule has 0 bridgehead atoms. The van der Waals surface area contributed by atoms with E-state index < -0.39 is 5.97 Å². The van der Waals surface area contributed by atoms with Crippen molar-refractivity contribution in [3.8, 4) is 0 Å². The number of carboxylic acid groups (broad SMARTS) is 1. The summed E-state index contributed by atoms with van der Waals surface area (Å²) in [6.07, 6.45) is 0.918. The van der Waals surface area contributed by atoms with Crippen LogP contribution in [0, 0.1) is 5.92 Å². The molecule has 0 fully saturated rings. The summed E-state index contributed by atoms with van der Waals surface area (Å²) < 4.78 is 0. The third-order valence-electron chi connectivity index (χ3n) is 3.15. The Morgan fingerprint density at radius 3 is 2.32 bits per heavy atom. The first-order valence-corrected chi connectivity index (χ1v) is 6.43. The second kappa shape index (κ2) is 6.36. The summed E-state index contributed by atoms with van der Waals surface area (Å²) in [7, 11) is 1.75. The molecular formula is C15H21NO3. The number of carbonyl (C=O) groups is 2. The minimum atomic E-state index is -1.02. The van der Waals surface area contributed by atoms with Gasteiger partial charge in [0, 0.05) is 18.7 Å². The number of hydrogen-bond donors (Lipinski definition) is 1. The van der Waals surface area contributed by atoms with Gasteiger partial charge in [0.1, 0.15) is 0 Å². The average Bonchev–Trinajstić information content (AvgIpc) is 2.36. The van der Waals surface area contributed by atoms with Crippen molar-refractivity contribution in [1.29, 1.82) is 0 Å². The number of hydrogen-bond acceptors (Lipinski definition) is 2. The lowest BCUT2D eigenvalue weighted by molar-refractivity contribution is 0.0697. The van der Waals surface area contributed by atoms with Crippen LogP contribution >= 0.6 is 0 Å². The number of carbonyl (C=O) groups excluding carboxylic acids is 1. The van der Waals surface area contributed by atoms with Crippen LogP contribution < -0.4 is 0 Å². The van der Waals surface area contributed by atoms with Gasteiger partial charge in [0.25, 0.3) is 5.91 Å². The maximum absolute atomic E-state index is 12.3. The van der Waals surface area contributed by atoms with Gasteiger partial charge in [0.2, 0.25) is 0 Å². The summed E-state index contributed by atoms with van der Waals surface area (Å²) in [4.78, 5) is 24.8. The molecule has 0 aliphatic rings. The Kier molecular flexibility index (Phi) is 5.10. The van der Waals surface area contributed by atoms with Gasteiger partial charge < -0.3 is 10.0 Å². The Morgan fingerprint density at radius 2 is 1.79 bits per heavy atom. The van der Waals surface area contributed by atoms with Gasteiger partial charge in [-0.15, -0.1) is 0 Å². The number of carboxylic acids is 1. The van der Waals surface area contributed by atoms with E-state index in [2.05, 4.69) is 13.8 Å².